The molecule has 0 bridgehead atoms. The van der Waals surface area contributed by atoms with Crippen LogP contribution < -0.4 is 5.32 Å². The SMILES string of the molecule is CCCCOC(=O)NCCCCCCCC(=O)N(CCCC)CCCC. The maximum absolute atomic E-state index is 12.3. The molecule has 0 aliphatic rings. The van der Waals surface area contributed by atoms with Gasteiger partial charge in [-0.1, -0.05) is 59.3 Å². The van der Waals surface area contributed by atoms with Gasteiger partial charge in [0.1, 0.15) is 0 Å². The molecule has 0 heterocycles. The number of rotatable bonds is 17. The molecule has 5 heteroatoms. The fourth-order valence-electron chi connectivity index (χ4n) is 2.70. The number of carbonyl (C=O) groups is 2. The third kappa shape index (κ3) is 15.0. The summed E-state index contributed by atoms with van der Waals surface area (Å²) >= 11 is 0. The molecule has 5 nitrogen and oxygen atoms in total. The van der Waals surface area contributed by atoms with Crippen molar-refractivity contribution >= 4 is 12.0 Å². The average Bonchev–Trinajstić information content (AvgIpc) is 2.64. The van der Waals surface area contributed by atoms with Gasteiger partial charge in [-0.15, -0.1) is 0 Å². The first-order valence-corrected chi connectivity index (χ1v) is 10.8. The highest BCUT2D eigenvalue weighted by Crippen LogP contribution is 2.09. The highest BCUT2D eigenvalue weighted by atomic mass is 16.5. The lowest BCUT2D eigenvalue weighted by Crippen LogP contribution is -2.32. The Morgan fingerprint density at radius 1 is 0.769 bits per heavy atom. The van der Waals surface area contributed by atoms with E-state index in [-0.39, 0.29) is 6.09 Å². The number of nitrogens with one attached hydrogen (secondary N) is 1. The number of nitrogens with zero attached hydrogens (tertiary/aromatic N) is 1. The zero-order valence-corrected chi connectivity index (χ0v) is 17.5. The van der Waals surface area contributed by atoms with Gasteiger partial charge >= 0.3 is 6.09 Å². The third-order valence-corrected chi connectivity index (χ3v) is 4.48. The van der Waals surface area contributed by atoms with E-state index >= 15 is 0 Å². The lowest BCUT2D eigenvalue weighted by molar-refractivity contribution is -0.131. The number of hydrogen-bond donors (Lipinski definition) is 1. The normalized spacial score (nSPS) is 10.6. The molecule has 0 saturated heterocycles. The van der Waals surface area contributed by atoms with Crippen molar-refractivity contribution < 1.29 is 14.3 Å². The van der Waals surface area contributed by atoms with Crippen molar-refractivity contribution in [3.8, 4) is 0 Å². The first-order chi connectivity index (χ1) is 12.7. The Bertz CT molecular complexity index is 340. The number of carbonyl (C=O) groups excluding carboxylic acids is 2. The van der Waals surface area contributed by atoms with Gasteiger partial charge in [-0.2, -0.15) is 0 Å². The van der Waals surface area contributed by atoms with Crippen molar-refractivity contribution in [2.45, 2.75) is 97.8 Å². The van der Waals surface area contributed by atoms with E-state index in [0.29, 0.717) is 25.5 Å². The highest BCUT2D eigenvalue weighted by molar-refractivity contribution is 5.76. The second-order valence-electron chi connectivity index (χ2n) is 7.02. The topological polar surface area (TPSA) is 58.6 Å². The van der Waals surface area contributed by atoms with Crippen LogP contribution in [0.4, 0.5) is 4.79 Å². The van der Waals surface area contributed by atoms with E-state index in [1.807, 2.05) is 0 Å². The van der Waals surface area contributed by atoms with Gasteiger partial charge in [0.05, 0.1) is 6.61 Å². The molecule has 0 aliphatic heterocycles. The number of alkyl carbamates (subject to hydrolysis) is 1. The monoisotopic (exact) mass is 370 g/mol. The van der Waals surface area contributed by atoms with Crippen LogP contribution in [-0.2, 0) is 9.53 Å². The van der Waals surface area contributed by atoms with Crippen LogP contribution in [0.25, 0.3) is 0 Å². The summed E-state index contributed by atoms with van der Waals surface area (Å²) < 4.78 is 5.04. The van der Waals surface area contributed by atoms with Crippen molar-refractivity contribution in [2.24, 2.45) is 0 Å². The van der Waals surface area contributed by atoms with E-state index in [0.717, 1.165) is 83.7 Å². The van der Waals surface area contributed by atoms with Gasteiger partial charge in [-0.3, -0.25) is 4.79 Å². The van der Waals surface area contributed by atoms with Crippen LogP contribution in [-0.4, -0.2) is 43.1 Å². The fraction of sp³-hybridized carbons (Fsp3) is 0.905. The van der Waals surface area contributed by atoms with Gasteiger partial charge in [-0.25, -0.2) is 4.79 Å². The molecule has 0 saturated carbocycles. The maximum Gasteiger partial charge on any atom is 0.407 e. The molecule has 0 aromatic rings. The lowest BCUT2D eigenvalue weighted by atomic mass is 10.1. The van der Waals surface area contributed by atoms with Gasteiger partial charge in [-0.05, 0) is 32.1 Å². The summed E-state index contributed by atoms with van der Waals surface area (Å²) in [7, 11) is 0. The summed E-state index contributed by atoms with van der Waals surface area (Å²) in [5.41, 5.74) is 0. The van der Waals surface area contributed by atoms with Crippen LogP contribution in [0.1, 0.15) is 97.8 Å². The quantitative estimate of drug-likeness (QED) is 0.354. The zero-order valence-electron chi connectivity index (χ0n) is 17.5. The van der Waals surface area contributed by atoms with Crippen LogP contribution in [0.15, 0.2) is 0 Å². The zero-order chi connectivity index (χ0) is 19.5. The lowest BCUT2D eigenvalue weighted by Gasteiger charge is -2.22. The average molecular weight is 371 g/mol. The van der Waals surface area contributed by atoms with Crippen molar-refractivity contribution in [2.75, 3.05) is 26.2 Å². The largest absolute Gasteiger partial charge is 0.450 e. The molecule has 154 valence electrons. The minimum Gasteiger partial charge on any atom is -0.450 e. The van der Waals surface area contributed by atoms with Crippen molar-refractivity contribution in [3.05, 3.63) is 0 Å². The minimum absolute atomic E-state index is 0.303. The maximum atomic E-state index is 12.3. The smallest absolute Gasteiger partial charge is 0.407 e. The van der Waals surface area contributed by atoms with Gasteiger partial charge in [0.2, 0.25) is 5.91 Å². The van der Waals surface area contributed by atoms with Crippen LogP contribution in [0.2, 0.25) is 0 Å². The molecule has 0 rings (SSSR count). The molecule has 1 N–H and O–H groups in total. The summed E-state index contributed by atoms with van der Waals surface area (Å²) in [6.45, 7) is 9.41. The molecule has 0 aromatic heterocycles. The molecule has 0 fully saturated rings. The third-order valence-electron chi connectivity index (χ3n) is 4.48. The number of unbranched alkanes of at least 4 members (excludes halogenated alkanes) is 7. The molecular formula is C21H42N2O3. The van der Waals surface area contributed by atoms with E-state index in [2.05, 4.69) is 31.0 Å². The summed E-state index contributed by atoms with van der Waals surface area (Å²) in [6.07, 6.45) is 12.0. The van der Waals surface area contributed by atoms with Crippen LogP contribution >= 0.6 is 0 Å². The Hall–Kier alpha value is -1.26. The number of hydrogen-bond acceptors (Lipinski definition) is 3. The van der Waals surface area contributed by atoms with E-state index in [1.165, 1.54) is 0 Å². The Morgan fingerprint density at radius 2 is 1.35 bits per heavy atom. The van der Waals surface area contributed by atoms with Crippen LogP contribution in [0, 0.1) is 0 Å². The number of ether oxygens (including phenoxy) is 1. The predicted molar refractivity (Wildman–Crippen MR) is 108 cm³/mol. The van der Waals surface area contributed by atoms with Crippen molar-refractivity contribution in [1.82, 2.24) is 10.2 Å². The van der Waals surface area contributed by atoms with Gasteiger partial charge in [0.25, 0.3) is 0 Å². The molecule has 0 unspecified atom stereocenters. The van der Waals surface area contributed by atoms with E-state index < -0.39 is 0 Å². The van der Waals surface area contributed by atoms with Crippen LogP contribution in [0.5, 0.6) is 0 Å². The van der Waals surface area contributed by atoms with Gasteiger partial charge < -0.3 is 15.0 Å². The van der Waals surface area contributed by atoms with Gasteiger partial charge in [0.15, 0.2) is 0 Å². The second kappa shape index (κ2) is 18.5. The van der Waals surface area contributed by atoms with Crippen molar-refractivity contribution in [3.63, 3.8) is 0 Å². The minimum atomic E-state index is -0.303. The second-order valence-corrected chi connectivity index (χ2v) is 7.02. The van der Waals surface area contributed by atoms with Gasteiger partial charge in [0, 0.05) is 26.1 Å². The van der Waals surface area contributed by atoms with Crippen molar-refractivity contribution in [1.29, 1.82) is 0 Å². The van der Waals surface area contributed by atoms with E-state index in [4.69, 9.17) is 4.74 Å². The van der Waals surface area contributed by atoms with E-state index in [1.54, 1.807) is 0 Å². The van der Waals surface area contributed by atoms with Crippen LogP contribution in [0.3, 0.4) is 0 Å². The molecule has 0 aromatic carbocycles. The first-order valence-electron chi connectivity index (χ1n) is 10.8. The molecule has 0 spiro atoms. The molecule has 0 aliphatic carbocycles. The standard InChI is InChI=1S/C21H42N2O3/c1-4-7-17-23(18-8-5-2)20(24)15-13-11-10-12-14-16-22-21(25)26-19-9-6-3/h4-19H2,1-3H3,(H,22,25). The molecule has 26 heavy (non-hydrogen) atoms. The highest BCUT2D eigenvalue weighted by Gasteiger charge is 2.11. The summed E-state index contributed by atoms with van der Waals surface area (Å²) in [5, 5.41) is 2.78. The molecule has 2 amide bonds. The molecular weight excluding hydrogens is 328 g/mol. The summed E-state index contributed by atoms with van der Waals surface area (Å²) in [5.74, 6) is 0.323. The predicted octanol–water partition coefficient (Wildman–Crippen LogP) is 5.28. The first kappa shape index (κ1) is 24.7. The Morgan fingerprint density at radius 3 is 1.96 bits per heavy atom. The number of amides is 2. The Balaban J connectivity index is 3.62. The molecule has 0 atom stereocenters. The Labute approximate surface area is 161 Å². The van der Waals surface area contributed by atoms with E-state index in [9.17, 15) is 9.59 Å². The fourth-order valence-corrected chi connectivity index (χ4v) is 2.70. The Kier molecular flexibility index (Phi) is 17.6. The molecule has 0 radical (unpaired) electrons. The summed E-state index contributed by atoms with van der Waals surface area (Å²) in [4.78, 5) is 25.8. The summed E-state index contributed by atoms with van der Waals surface area (Å²) in [6, 6.07) is 0.